The van der Waals surface area contributed by atoms with E-state index in [2.05, 4.69) is 26.0 Å². The summed E-state index contributed by atoms with van der Waals surface area (Å²) in [7, 11) is 0. The molecule has 0 unspecified atom stereocenters. The van der Waals surface area contributed by atoms with Gasteiger partial charge in [0.2, 0.25) is 0 Å². The van der Waals surface area contributed by atoms with Gasteiger partial charge in [-0.05, 0) is 28.8 Å². The fourth-order valence-corrected chi connectivity index (χ4v) is 1.79. The minimum Gasteiger partial charge on any atom is -0.293 e. The molecule has 0 aliphatic carbocycles. The summed E-state index contributed by atoms with van der Waals surface area (Å²) in [5.74, 6) is 0.254. The van der Waals surface area contributed by atoms with Gasteiger partial charge in [-0.25, -0.2) is 9.50 Å². The topological polar surface area (TPSA) is 50.2 Å². The molecule has 80 valence electrons. The van der Waals surface area contributed by atoms with Crippen molar-refractivity contribution in [2.24, 2.45) is 0 Å². The Morgan fingerprint density at radius 2 is 2.20 bits per heavy atom. The Hall–Kier alpha value is -1.10. The Balaban J connectivity index is 2.86. The van der Waals surface area contributed by atoms with Gasteiger partial charge in [-0.3, -0.25) is 9.89 Å². The van der Waals surface area contributed by atoms with Crippen molar-refractivity contribution in [1.82, 2.24) is 14.6 Å². The zero-order valence-electron chi connectivity index (χ0n) is 8.84. The summed E-state index contributed by atoms with van der Waals surface area (Å²) >= 11 is 3.41. The summed E-state index contributed by atoms with van der Waals surface area (Å²) in [6.07, 6.45) is 0. The predicted molar refractivity (Wildman–Crippen MR) is 62.3 cm³/mol. The molecule has 0 saturated heterocycles. The Kier molecular flexibility index (Phi) is 2.42. The summed E-state index contributed by atoms with van der Waals surface area (Å²) in [5.41, 5.74) is 2.31. The van der Waals surface area contributed by atoms with E-state index in [9.17, 15) is 4.79 Å². The van der Waals surface area contributed by atoms with E-state index < -0.39 is 0 Å². The number of aryl methyl sites for hydroxylation is 1. The first-order chi connectivity index (χ1) is 7.00. The maximum Gasteiger partial charge on any atom is 0.272 e. The van der Waals surface area contributed by atoms with E-state index in [0.29, 0.717) is 5.65 Å². The quantitative estimate of drug-likeness (QED) is 0.863. The first-order valence-corrected chi connectivity index (χ1v) is 5.57. The molecule has 0 atom stereocenters. The third-order valence-corrected chi connectivity index (χ3v) is 3.28. The lowest BCUT2D eigenvalue weighted by molar-refractivity contribution is 0.794. The Morgan fingerprint density at radius 1 is 1.53 bits per heavy atom. The van der Waals surface area contributed by atoms with Crippen LogP contribution in [-0.2, 0) is 0 Å². The number of aromatic amines is 1. The summed E-state index contributed by atoms with van der Waals surface area (Å²) < 4.78 is 2.30. The second-order valence-corrected chi connectivity index (χ2v) is 4.68. The van der Waals surface area contributed by atoms with Gasteiger partial charge in [0.15, 0.2) is 5.65 Å². The van der Waals surface area contributed by atoms with Crippen LogP contribution in [0.4, 0.5) is 0 Å². The lowest BCUT2D eigenvalue weighted by Gasteiger charge is -2.03. The van der Waals surface area contributed by atoms with Gasteiger partial charge in [0.1, 0.15) is 0 Å². The normalized spacial score (nSPS) is 11.5. The largest absolute Gasteiger partial charge is 0.293 e. The first-order valence-electron chi connectivity index (χ1n) is 4.78. The maximum atomic E-state index is 11.7. The molecule has 0 amide bonds. The van der Waals surface area contributed by atoms with Crippen LogP contribution in [0.25, 0.3) is 5.65 Å². The molecule has 1 N–H and O–H groups in total. The number of halogens is 1. The van der Waals surface area contributed by atoms with Crippen molar-refractivity contribution in [3.63, 3.8) is 0 Å². The molecule has 5 heteroatoms. The highest BCUT2D eigenvalue weighted by Gasteiger charge is 2.11. The minimum absolute atomic E-state index is 0.0718. The lowest BCUT2D eigenvalue weighted by atomic mass is 10.1. The van der Waals surface area contributed by atoms with Gasteiger partial charge in [0.05, 0.1) is 10.2 Å². The van der Waals surface area contributed by atoms with Crippen molar-refractivity contribution < 1.29 is 0 Å². The van der Waals surface area contributed by atoms with Crippen LogP contribution < -0.4 is 5.56 Å². The Labute approximate surface area is 95.4 Å². The number of fused-ring (bicyclic) bond motifs is 1. The van der Waals surface area contributed by atoms with E-state index in [0.717, 1.165) is 15.9 Å². The number of rotatable bonds is 1. The van der Waals surface area contributed by atoms with Gasteiger partial charge in [0.25, 0.3) is 5.56 Å². The van der Waals surface area contributed by atoms with Crippen molar-refractivity contribution in [2.75, 3.05) is 0 Å². The van der Waals surface area contributed by atoms with Gasteiger partial charge in [-0.15, -0.1) is 0 Å². The predicted octanol–water partition coefficient (Wildman–Crippen LogP) is 2.22. The van der Waals surface area contributed by atoms with E-state index in [4.69, 9.17) is 0 Å². The smallest absolute Gasteiger partial charge is 0.272 e. The Morgan fingerprint density at radius 3 is 2.80 bits per heavy atom. The number of nitrogens with zero attached hydrogens (tertiary/aromatic N) is 2. The van der Waals surface area contributed by atoms with Crippen LogP contribution in [0, 0.1) is 6.92 Å². The van der Waals surface area contributed by atoms with E-state index in [1.165, 1.54) is 4.52 Å². The van der Waals surface area contributed by atoms with Crippen LogP contribution >= 0.6 is 15.9 Å². The minimum atomic E-state index is -0.0718. The summed E-state index contributed by atoms with van der Waals surface area (Å²) in [4.78, 5) is 16.2. The summed E-state index contributed by atoms with van der Waals surface area (Å²) in [6.45, 7) is 5.94. The fourth-order valence-electron chi connectivity index (χ4n) is 1.44. The molecule has 0 aliphatic heterocycles. The molecule has 2 heterocycles. The molecule has 4 nitrogen and oxygen atoms in total. The SMILES string of the molecule is Cc1[nH]n2c(=O)cc(C(C)C)nc2c1Br. The summed E-state index contributed by atoms with van der Waals surface area (Å²) in [6, 6.07) is 1.57. The second-order valence-electron chi connectivity index (χ2n) is 3.88. The first kappa shape index (κ1) is 10.4. The number of H-pyrrole nitrogens is 1. The standard InChI is InChI=1S/C10H12BrN3O/c1-5(2)7-4-8(15)14-10(12-7)9(11)6(3)13-14/h4-5,13H,1-3H3. The molecule has 2 rings (SSSR count). The van der Waals surface area contributed by atoms with Crippen molar-refractivity contribution in [3.8, 4) is 0 Å². The highest BCUT2D eigenvalue weighted by Crippen LogP contribution is 2.20. The van der Waals surface area contributed by atoms with Crippen molar-refractivity contribution >= 4 is 21.6 Å². The van der Waals surface area contributed by atoms with E-state index in [1.54, 1.807) is 6.07 Å². The lowest BCUT2D eigenvalue weighted by Crippen LogP contribution is -2.16. The van der Waals surface area contributed by atoms with Gasteiger partial charge in [-0.2, -0.15) is 0 Å². The molecule has 0 saturated carbocycles. The molecule has 2 aromatic rings. The van der Waals surface area contributed by atoms with Gasteiger partial charge >= 0.3 is 0 Å². The molecule has 0 fully saturated rings. The third-order valence-electron chi connectivity index (χ3n) is 2.34. The van der Waals surface area contributed by atoms with Crippen LogP contribution in [0.5, 0.6) is 0 Å². The Bertz CT molecular complexity index is 568. The van der Waals surface area contributed by atoms with Crippen molar-refractivity contribution in [2.45, 2.75) is 26.7 Å². The zero-order valence-corrected chi connectivity index (χ0v) is 10.4. The highest BCUT2D eigenvalue weighted by molar-refractivity contribution is 9.10. The molecule has 0 aromatic carbocycles. The van der Waals surface area contributed by atoms with Gasteiger partial charge in [0, 0.05) is 11.8 Å². The monoisotopic (exact) mass is 269 g/mol. The molecule has 0 spiro atoms. The van der Waals surface area contributed by atoms with Crippen LogP contribution in [0.3, 0.4) is 0 Å². The highest BCUT2D eigenvalue weighted by atomic mass is 79.9. The number of nitrogens with one attached hydrogen (secondary N) is 1. The van der Waals surface area contributed by atoms with Crippen molar-refractivity contribution in [3.05, 3.63) is 32.3 Å². The van der Waals surface area contributed by atoms with E-state index in [1.807, 2.05) is 20.8 Å². The molecule has 2 aromatic heterocycles. The van der Waals surface area contributed by atoms with Gasteiger partial charge < -0.3 is 0 Å². The van der Waals surface area contributed by atoms with Crippen LogP contribution in [0.15, 0.2) is 15.3 Å². The molecule has 0 aliphatic rings. The molecule has 15 heavy (non-hydrogen) atoms. The van der Waals surface area contributed by atoms with Crippen LogP contribution in [0.2, 0.25) is 0 Å². The molecular weight excluding hydrogens is 258 g/mol. The summed E-state index contributed by atoms with van der Waals surface area (Å²) in [5, 5.41) is 2.96. The number of hydrogen-bond donors (Lipinski definition) is 1. The average molecular weight is 270 g/mol. The average Bonchev–Trinajstić information content (AvgIpc) is 2.45. The van der Waals surface area contributed by atoms with Gasteiger partial charge in [-0.1, -0.05) is 13.8 Å². The fraction of sp³-hybridized carbons (Fsp3) is 0.400. The maximum absolute atomic E-state index is 11.7. The molecular formula is C10H12BrN3O. The third kappa shape index (κ3) is 1.61. The van der Waals surface area contributed by atoms with E-state index >= 15 is 0 Å². The van der Waals surface area contributed by atoms with E-state index in [-0.39, 0.29) is 11.5 Å². The molecule has 0 radical (unpaired) electrons. The van der Waals surface area contributed by atoms with Crippen LogP contribution in [-0.4, -0.2) is 14.6 Å². The second kappa shape index (κ2) is 3.48. The number of hydrogen-bond acceptors (Lipinski definition) is 2. The zero-order chi connectivity index (χ0) is 11.2. The van der Waals surface area contributed by atoms with Crippen LogP contribution in [0.1, 0.15) is 31.2 Å². The van der Waals surface area contributed by atoms with Crippen molar-refractivity contribution in [1.29, 1.82) is 0 Å². The number of aromatic nitrogens is 3. The molecule has 0 bridgehead atoms.